The van der Waals surface area contributed by atoms with Gasteiger partial charge in [0.25, 0.3) is 0 Å². The normalized spacial score (nSPS) is 16.1. The molecule has 11 heteroatoms. The lowest BCUT2D eigenvalue weighted by Crippen LogP contribution is -2.18. The van der Waals surface area contributed by atoms with Gasteiger partial charge in [-0.2, -0.15) is 0 Å². The second-order valence-corrected chi connectivity index (χ2v) is 47.1. The van der Waals surface area contributed by atoms with Crippen LogP contribution >= 0.6 is 0 Å². The molecular weight excluding hydrogens is 1650 g/mol. The molecule has 0 bridgehead atoms. The SMILES string of the molecule is CC(C)(C)c1cc2c(cc1F)CCC(c1ccc3c(c1)-c1cc(-n4c5cc(F)c(C(C)(C)C)cc5c5cc(C(C)(C)C)c(F)cc54)ccc1CCC3c1ccc(-n3c4ccc(CC5CCc6cc(F)c(C(C)(C)C)cc6-c6cc(C(C)(C)C)c(F)cc65)cc4c4cc(-n5c6cc(F)c(C(C)(C)C)cc6c6cc(C(C)(C)C)c(F)cc65)ccc43)cc1)Cc1cc(F)c(C(C)(C)C)cc1-2. The van der Waals surface area contributed by atoms with Crippen LogP contribution in [0.1, 0.15) is 298 Å². The molecule has 132 heavy (non-hydrogen) atoms. The first-order chi connectivity index (χ1) is 61.7. The Hall–Kier alpha value is -11.3. The summed E-state index contributed by atoms with van der Waals surface area (Å²) < 4.78 is 142. The van der Waals surface area contributed by atoms with Gasteiger partial charge in [-0.3, -0.25) is 0 Å². The molecule has 13 aromatic carbocycles. The van der Waals surface area contributed by atoms with E-state index in [0.29, 0.717) is 112 Å². The van der Waals surface area contributed by atoms with Crippen LogP contribution < -0.4 is 0 Å². The Morgan fingerprint density at radius 1 is 0.242 bits per heavy atom. The highest BCUT2D eigenvalue weighted by molar-refractivity contribution is 6.14. The fourth-order valence-corrected chi connectivity index (χ4v) is 22.4. The molecular formula is C121H123F8N3. The second-order valence-electron chi connectivity index (χ2n) is 47.1. The predicted molar refractivity (Wildman–Crippen MR) is 534 cm³/mol. The number of aryl methyl sites for hydroxylation is 3. The number of aromatic nitrogens is 3. The lowest BCUT2D eigenvalue weighted by molar-refractivity contribution is 0.517. The number of rotatable bonds is 7. The molecule has 0 saturated heterocycles. The fraction of sp³-hybridized carbons (Fsp3) is 0.355. The maximum absolute atomic E-state index is 17.1. The summed E-state index contributed by atoms with van der Waals surface area (Å²) in [5.74, 6) is -2.87. The Kier molecular flexibility index (Phi) is 21.2. The highest BCUT2D eigenvalue weighted by Crippen LogP contribution is 2.53. The van der Waals surface area contributed by atoms with Gasteiger partial charge in [-0.05, 0) is 386 Å². The van der Waals surface area contributed by atoms with Gasteiger partial charge in [-0.15, -0.1) is 0 Å². The van der Waals surface area contributed by atoms with Crippen molar-refractivity contribution in [1.29, 1.82) is 0 Å². The van der Waals surface area contributed by atoms with Crippen LogP contribution in [0.5, 0.6) is 0 Å². The number of benzene rings is 13. The van der Waals surface area contributed by atoms with Gasteiger partial charge in [0, 0.05) is 55.3 Å². The zero-order valence-electron chi connectivity index (χ0n) is 81.2. The van der Waals surface area contributed by atoms with Gasteiger partial charge in [-0.25, -0.2) is 35.1 Å². The Labute approximate surface area is 773 Å². The van der Waals surface area contributed by atoms with Crippen LogP contribution in [0.15, 0.2) is 194 Å². The molecule has 0 N–H and O–H groups in total. The van der Waals surface area contributed by atoms with E-state index in [-0.39, 0.29) is 64.3 Å². The highest BCUT2D eigenvalue weighted by Gasteiger charge is 2.37. The maximum atomic E-state index is 17.1. The van der Waals surface area contributed by atoms with Crippen molar-refractivity contribution in [2.45, 2.75) is 279 Å². The van der Waals surface area contributed by atoms with Gasteiger partial charge in [0.1, 0.15) is 46.5 Å². The quantitative estimate of drug-likeness (QED) is 0.141. The van der Waals surface area contributed by atoms with Gasteiger partial charge < -0.3 is 13.7 Å². The Morgan fingerprint density at radius 2 is 0.568 bits per heavy atom. The Bertz CT molecular complexity index is 7350. The summed E-state index contributed by atoms with van der Waals surface area (Å²) in [5.41, 5.74) is 21.9. The number of hydrogen-bond donors (Lipinski definition) is 0. The average molecular weight is 1770 g/mol. The first-order valence-electron chi connectivity index (χ1n) is 47.5. The lowest BCUT2D eigenvalue weighted by atomic mass is 9.75. The van der Waals surface area contributed by atoms with Gasteiger partial charge in [0.05, 0.1) is 33.1 Å². The van der Waals surface area contributed by atoms with Gasteiger partial charge in [0.2, 0.25) is 0 Å². The molecule has 0 saturated carbocycles. The predicted octanol–water partition coefficient (Wildman–Crippen LogP) is 34.1. The van der Waals surface area contributed by atoms with Crippen molar-refractivity contribution in [2.24, 2.45) is 0 Å². The zero-order chi connectivity index (χ0) is 94.3. The van der Waals surface area contributed by atoms with Crippen LogP contribution in [0.25, 0.3) is 116 Å². The van der Waals surface area contributed by atoms with Crippen LogP contribution in [-0.4, -0.2) is 13.7 Å². The number of hydrogen-bond acceptors (Lipinski definition) is 0. The van der Waals surface area contributed by atoms with Crippen molar-refractivity contribution in [3.8, 4) is 50.4 Å². The first kappa shape index (κ1) is 89.9. The zero-order valence-corrected chi connectivity index (χ0v) is 81.2. The van der Waals surface area contributed by atoms with E-state index in [2.05, 4.69) is 102 Å². The van der Waals surface area contributed by atoms with E-state index in [1.165, 1.54) is 0 Å². The summed E-state index contributed by atoms with van der Waals surface area (Å²) in [6.45, 7) is 48.5. The summed E-state index contributed by atoms with van der Waals surface area (Å²) in [4.78, 5) is 0. The van der Waals surface area contributed by atoms with Crippen LogP contribution in [-0.2, 0) is 75.4 Å². The molecule has 3 aromatic heterocycles. The number of halogens is 8. The van der Waals surface area contributed by atoms with Crippen molar-refractivity contribution >= 4 is 65.4 Å². The molecule has 3 unspecified atom stereocenters. The molecule has 0 amide bonds. The third kappa shape index (κ3) is 15.5. The molecule has 3 aliphatic carbocycles. The van der Waals surface area contributed by atoms with E-state index in [9.17, 15) is 0 Å². The van der Waals surface area contributed by atoms with Crippen molar-refractivity contribution in [3.63, 3.8) is 0 Å². The third-order valence-corrected chi connectivity index (χ3v) is 29.5. The minimum absolute atomic E-state index is 0.140. The maximum Gasteiger partial charge on any atom is 0.129 e. The molecule has 16 aromatic rings. The first-order valence-corrected chi connectivity index (χ1v) is 47.5. The van der Waals surface area contributed by atoms with Gasteiger partial charge in [0.15, 0.2) is 0 Å². The van der Waals surface area contributed by atoms with Crippen LogP contribution in [0.4, 0.5) is 35.1 Å². The monoisotopic (exact) mass is 1770 g/mol. The average Bonchev–Trinajstić information content (AvgIpc) is 1.57. The Balaban J connectivity index is 0.786. The van der Waals surface area contributed by atoms with E-state index in [0.717, 1.165) is 150 Å². The molecule has 0 radical (unpaired) electrons. The van der Waals surface area contributed by atoms with Crippen molar-refractivity contribution in [2.75, 3.05) is 0 Å². The van der Waals surface area contributed by atoms with Crippen LogP contribution in [0.3, 0.4) is 0 Å². The molecule has 0 aliphatic heterocycles. The van der Waals surface area contributed by atoms with E-state index < -0.39 is 43.3 Å². The van der Waals surface area contributed by atoms with Gasteiger partial charge in [-0.1, -0.05) is 209 Å². The summed E-state index contributed by atoms with van der Waals surface area (Å²) in [6.07, 6.45) is 4.94. The van der Waals surface area contributed by atoms with E-state index in [1.807, 2.05) is 224 Å². The molecule has 3 nitrogen and oxygen atoms in total. The smallest absolute Gasteiger partial charge is 0.129 e. The molecule has 3 heterocycles. The number of fused-ring (bicyclic) bond motifs is 18. The molecule has 3 atom stereocenters. The molecule has 678 valence electrons. The summed E-state index contributed by atoms with van der Waals surface area (Å²) in [7, 11) is 0. The molecule has 0 spiro atoms. The molecule has 0 fully saturated rings. The minimum atomic E-state index is -0.543. The van der Waals surface area contributed by atoms with E-state index in [1.54, 1.807) is 48.5 Å². The van der Waals surface area contributed by atoms with Gasteiger partial charge >= 0.3 is 0 Å². The lowest BCUT2D eigenvalue weighted by Gasteiger charge is -2.30. The fourth-order valence-electron chi connectivity index (χ4n) is 22.4. The van der Waals surface area contributed by atoms with E-state index in [4.69, 9.17) is 0 Å². The minimum Gasteiger partial charge on any atom is -0.309 e. The summed E-state index contributed by atoms with van der Waals surface area (Å²) >= 11 is 0. The molecule has 3 aliphatic rings. The second kappa shape index (κ2) is 31.1. The van der Waals surface area contributed by atoms with Crippen molar-refractivity contribution < 1.29 is 35.1 Å². The largest absolute Gasteiger partial charge is 0.309 e. The highest BCUT2D eigenvalue weighted by atomic mass is 19.2. The van der Waals surface area contributed by atoms with Crippen molar-refractivity contribution in [1.82, 2.24) is 13.7 Å². The van der Waals surface area contributed by atoms with E-state index >= 15 is 35.1 Å². The topological polar surface area (TPSA) is 14.8 Å². The Morgan fingerprint density at radius 3 is 1.03 bits per heavy atom. The third-order valence-electron chi connectivity index (χ3n) is 29.5. The molecule has 19 rings (SSSR count). The number of nitrogens with zero attached hydrogens (tertiary/aromatic N) is 3. The standard InChI is InChI=1S/C121H123F8N3/c1-114(2,3)92-52-80-71(47-100(92)122)27-26-68(45-73-49-102(124)94(54-82(73)80)116(7,8)9)69-34-40-78-77(39-33-67-32-37-75(50-79(67)84(78)46-69)131-110-61-104(126)96(118(13,14)15)56-88(110)89-57-97(119(16,17)18)105(127)62-111(89)131)66-30-35-74(36-31-66)130-108-41-25-65(43-70-28-29-72-48-101(123)93(115(4,5)6)53-81(72)85-55-95(117(10,11)12)103(125)60-83(70)85)44-86(108)87-51-76(38-42-109(87)130)132-112-63-106(128)98(120(19,20)21)58-90(112)91-59-99(121(22,23)24)107(129)64-113(91)132/h25,30-32,34-38,40-42,44,46-64,68,70,77H,26-29,33,39,43,45H2,1-24H3. The summed E-state index contributed by atoms with van der Waals surface area (Å²) in [5, 5.41) is 5.16. The van der Waals surface area contributed by atoms with Crippen LogP contribution in [0, 0.1) is 46.5 Å². The van der Waals surface area contributed by atoms with Crippen molar-refractivity contribution in [3.05, 3.63) is 335 Å². The summed E-state index contributed by atoms with van der Waals surface area (Å²) in [6, 6.07) is 64.8. The van der Waals surface area contributed by atoms with Crippen LogP contribution in [0.2, 0.25) is 0 Å².